The van der Waals surface area contributed by atoms with Crippen molar-refractivity contribution >= 4 is 23.0 Å². The maximum Gasteiger partial charge on any atom is 0.172 e. The lowest BCUT2D eigenvalue weighted by Crippen LogP contribution is -2.08. The summed E-state index contributed by atoms with van der Waals surface area (Å²) in [5.41, 5.74) is 2.43. The molecule has 4 aromatic heterocycles. The first-order chi connectivity index (χ1) is 13.1. The molecule has 0 amide bonds. The number of halogens is 1. The number of Topliss-reactive ketones (excluding diaryl/α,β-unsaturated/α-hetero) is 1. The zero-order chi connectivity index (χ0) is 18.8. The molecule has 0 saturated carbocycles. The number of rotatable bonds is 5. The number of aromatic nitrogens is 5. The van der Waals surface area contributed by atoms with Crippen LogP contribution in [0.3, 0.4) is 0 Å². The van der Waals surface area contributed by atoms with E-state index < -0.39 is 0 Å². The van der Waals surface area contributed by atoms with Gasteiger partial charge in [-0.05, 0) is 25.1 Å². The van der Waals surface area contributed by atoms with E-state index in [1.807, 2.05) is 25.1 Å². The fraction of sp³-hybridized carbons (Fsp3) is 0.105. The van der Waals surface area contributed by atoms with Gasteiger partial charge >= 0.3 is 0 Å². The molecular formula is C19H14ClN5O2. The van der Waals surface area contributed by atoms with Gasteiger partial charge in [0.1, 0.15) is 17.8 Å². The van der Waals surface area contributed by atoms with Crippen LogP contribution < -0.4 is 4.74 Å². The van der Waals surface area contributed by atoms with Crippen molar-refractivity contribution in [3.05, 3.63) is 77.2 Å². The van der Waals surface area contributed by atoms with Crippen molar-refractivity contribution in [3.63, 3.8) is 0 Å². The third kappa shape index (κ3) is 3.78. The predicted octanol–water partition coefficient (Wildman–Crippen LogP) is 3.70. The molecule has 8 heteroatoms. The first-order valence-electron chi connectivity index (χ1n) is 8.16. The van der Waals surface area contributed by atoms with E-state index in [0.29, 0.717) is 33.4 Å². The van der Waals surface area contributed by atoms with Crippen molar-refractivity contribution in [3.8, 4) is 11.5 Å². The molecule has 0 fully saturated rings. The molecule has 7 nitrogen and oxygen atoms in total. The summed E-state index contributed by atoms with van der Waals surface area (Å²) in [7, 11) is 0. The minimum atomic E-state index is -0.124. The Morgan fingerprint density at radius 2 is 2.11 bits per heavy atom. The van der Waals surface area contributed by atoms with Gasteiger partial charge in [-0.15, -0.1) is 0 Å². The molecular weight excluding hydrogens is 366 g/mol. The summed E-state index contributed by atoms with van der Waals surface area (Å²) in [5, 5.41) is 4.57. The van der Waals surface area contributed by atoms with Gasteiger partial charge in [-0.2, -0.15) is 5.10 Å². The summed E-state index contributed by atoms with van der Waals surface area (Å²) >= 11 is 5.94. The standard InChI is InChI=1S/C19H14ClN5O2/c1-12-3-2-4-14(24-12)6-18(26)17-7-16(10-25-19(17)22-11-23-25)27-15-5-13(20)8-21-9-15/h2-5,7-11H,6H2,1H3. The summed E-state index contributed by atoms with van der Waals surface area (Å²) < 4.78 is 7.30. The van der Waals surface area contributed by atoms with Crippen molar-refractivity contribution in [1.29, 1.82) is 0 Å². The van der Waals surface area contributed by atoms with Crippen LogP contribution in [0.2, 0.25) is 5.02 Å². The molecule has 4 aromatic rings. The molecule has 0 aliphatic rings. The first kappa shape index (κ1) is 17.1. The summed E-state index contributed by atoms with van der Waals surface area (Å²) in [5.74, 6) is 0.763. The molecule has 0 atom stereocenters. The molecule has 0 aliphatic heterocycles. The highest BCUT2D eigenvalue weighted by Crippen LogP contribution is 2.25. The molecule has 0 N–H and O–H groups in total. The van der Waals surface area contributed by atoms with Crippen molar-refractivity contribution in [2.24, 2.45) is 0 Å². The predicted molar refractivity (Wildman–Crippen MR) is 99.3 cm³/mol. The van der Waals surface area contributed by atoms with Gasteiger partial charge in [-0.3, -0.25) is 14.8 Å². The van der Waals surface area contributed by atoms with Crippen LogP contribution in [0, 0.1) is 6.92 Å². The minimum absolute atomic E-state index is 0.124. The van der Waals surface area contributed by atoms with Gasteiger partial charge in [0.05, 0.1) is 29.4 Å². The number of ketones is 1. The molecule has 0 bridgehead atoms. The van der Waals surface area contributed by atoms with E-state index >= 15 is 0 Å². The molecule has 0 spiro atoms. The highest BCUT2D eigenvalue weighted by atomic mass is 35.5. The number of aryl methyl sites for hydroxylation is 1. The number of nitrogens with zero attached hydrogens (tertiary/aromatic N) is 5. The van der Waals surface area contributed by atoms with E-state index in [2.05, 4.69) is 20.1 Å². The zero-order valence-electron chi connectivity index (χ0n) is 14.3. The Morgan fingerprint density at radius 1 is 1.22 bits per heavy atom. The van der Waals surface area contributed by atoms with Gasteiger partial charge in [-0.25, -0.2) is 9.50 Å². The van der Waals surface area contributed by atoms with Gasteiger partial charge < -0.3 is 4.74 Å². The normalized spacial score (nSPS) is 10.9. The molecule has 4 heterocycles. The van der Waals surface area contributed by atoms with Crippen molar-refractivity contribution in [2.45, 2.75) is 13.3 Å². The van der Waals surface area contributed by atoms with E-state index in [1.165, 1.54) is 23.2 Å². The quantitative estimate of drug-likeness (QED) is 0.492. The van der Waals surface area contributed by atoms with Crippen LogP contribution in [-0.4, -0.2) is 30.3 Å². The second kappa shape index (κ2) is 7.13. The molecule has 27 heavy (non-hydrogen) atoms. The number of fused-ring (bicyclic) bond motifs is 1. The second-order valence-corrected chi connectivity index (χ2v) is 6.37. The number of hydrogen-bond acceptors (Lipinski definition) is 6. The average Bonchev–Trinajstić information content (AvgIpc) is 3.09. The fourth-order valence-electron chi connectivity index (χ4n) is 2.70. The molecule has 0 saturated heterocycles. The fourth-order valence-corrected chi connectivity index (χ4v) is 2.87. The Balaban J connectivity index is 1.69. The highest BCUT2D eigenvalue weighted by molar-refractivity contribution is 6.30. The Hall–Kier alpha value is -3.32. The summed E-state index contributed by atoms with van der Waals surface area (Å²) in [6.07, 6.45) is 6.24. The Labute approximate surface area is 159 Å². The van der Waals surface area contributed by atoms with Crippen molar-refractivity contribution < 1.29 is 9.53 Å². The number of pyridine rings is 3. The van der Waals surface area contributed by atoms with Crippen LogP contribution in [0.5, 0.6) is 11.5 Å². The van der Waals surface area contributed by atoms with Crippen LogP contribution in [-0.2, 0) is 6.42 Å². The van der Waals surface area contributed by atoms with Gasteiger partial charge in [0, 0.05) is 23.7 Å². The van der Waals surface area contributed by atoms with Crippen molar-refractivity contribution in [2.75, 3.05) is 0 Å². The van der Waals surface area contributed by atoms with Crippen LogP contribution in [0.25, 0.3) is 5.65 Å². The number of hydrogen-bond donors (Lipinski definition) is 0. The van der Waals surface area contributed by atoms with Crippen LogP contribution in [0.15, 0.2) is 55.2 Å². The first-order valence-corrected chi connectivity index (χ1v) is 8.54. The Bertz CT molecular complexity index is 1140. The van der Waals surface area contributed by atoms with Gasteiger partial charge in [0.2, 0.25) is 0 Å². The summed E-state index contributed by atoms with van der Waals surface area (Å²) in [4.78, 5) is 25.4. The molecule has 0 aliphatic carbocycles. The number of ether oxygens (including phenoxy) is 1. The molecule has 4 rings (SSSR count). The minimum Gasteiger partial charge on any atom is -0.454 e. The van der Waals surface area contributed by atoms with E-state index in [4.69, 9.17) is 16.3 Å². The highest BCUT2D eigenvalue weighted by Gasteiger charge is 2.16. The Morgan fingerprint density at radius 3 is 2.93 bits per heavy atom. The molecule has 0 radical (unpaired) electrons. The van der Waals surface area contributed by atoms with E-state index in [9.17, 15) is 4.79 Å². The van der Waals surface area contributed by atoms with Crippen LogP contribution in [0.4, 0.5) is 0 Å². The lowest BCUT2D eigenvalue weighted by molar-refractivity contribution is 0.0992. The smallest absolute Gasteiger partial charge is 0.172 e. The lowest BCUT2D eigenvalue weighted by atomic mass is 10.1. The summed E-state index contributed by atoms with van der Waals surface area (Å²) in [6, 6.07) is 8.87. The molecule has 0 unspecified atom stereocenters. The largest absolute Gasteiger partial charge is 0.454 e. The maximum absolute atomic E-state index is 12.9. The van der Waals surface area contributed by atoms with E-state index in [0.717, 1.165) is 5.69 Å². The monoisotopic (exact) mass is 379 g/mol. The van der Waals surface area contributed by atoms with Crippen LogP contribution in [0.1, 0.15) is 21.7 Å². The van der Waals surface area contributed by atoms with Crippen LogP contribution >= 0.6 is 11.6 Å². The average molecular weight is 380 g/mol. The van der Waals surface area contributed by atoms with Gasteiger partial charge in [-0.1, -0.05) is 17.7 Å². The van der Waals surface area contributed by atoms with Gasteiger partial charge in [0.15, 0.2) is 11.4 Å². The lowest BCUT2D eigenvalue weighted by Gasteiger charge is -2.09. The molecule has 134 valence electrons. The summed E-state index contributed by atoms with van der Waals surface area (Å²) in [6.45, 7) is 1.89. The third-order valence-electron chi connectivity index (χ3n) is 3.85. The topological polar surface area (TPSA) is 82.3 Å². The third-order valence-corrected chi connectivity index (χ3v) is 4.06. The zero-order valence-corrected chi connectivity index (χ0v) is 15.1. The van der Waals surface area contributed by atoms with Gasteiger partial charge in [0.25, 0.3) is 0 Å². The maximum atomic E-state index is 12.9. The van der Waals surface area contributed by atoms with E-state index in [-0.39, 0.29) is 12.2 Å². The SMILES string of the molecule is Cc1cccc(CC(=O)c2cc(Oc3cncc(Cl)c3)cn3ncnc23)n1. The molecule has 0 aromatic carbocycles. The number of carbonyl (C=O) groups excluding carboxylic acids is 1. The van der Waals surface area contributed by atoms with Crippen molar-refractivity contribution in [1.82, 2.24) is 24.6 Å². The Kier molecular flexibility index (Phi) is 4.52. The number of carbonyl (C=O) groups is 1. The second-order valence-electron chi connectivity index (χ2n) is 5.93. The van der Waals surface area contributed by atoms with E-state index in [1.54, 1.807) is 18.3 Å².